The molecule has 0 N–H and O–H groups in total. The van der Waals surface area contributed by atoms with E-state index in [1.165, 1.54) is 0 Å². The van der Waals surface area contributed by atoms with Crippen LogP contribution in [0.3, 0.4) is 0 Å². The minimum absolute atomic E-state index is 0.269. The Morgan fingerprint density at radius 3 is 1.66 bits per heavy atom. The first-order valence-corrected chi connectivity index (χ1v) is 13.9. The quantitative estimate of drug-likeness (QED) is 0.0760. The summed E-state index contributed by atoms with van der Waals surface area (Å²) in [5.74, 6) is 0.501. The van der Waals surface area contributed by atoms with E-state index in [1.807, 2.05) is 133 Å². The molecule has 0 amide bonds. The van der Waals surface area contributed by atoms with Crippen LogP contribution in [0.2, 0.25) is 0 Å². The van der Waals surface area contributed by atoms with E-state index in [1.54, 1.807) is 6.08 Å². The molecule has 0 saturated carbocycles. The van der Waals surface area contributed by atoms with Gasteiger partial charge in [0.15, 0.2) is 6.10 Å². The molecule has 0 unspecified atom stereocenters. The second-order valence-corrected chi connectivity index (χ2v) is 9.63. The zero-order valence-corrected chi connectivity index (χ0v) is 23.4. The maximum atomic E-state index is 6.53. The van der Waals surface area contributed by atoms with Crippen molar-refractivity contribution < 1.29 is 18.9 Å². The Hall–Kier alpha value is -4.22. The molecule has 4 aromatic carbocycles. The van der Waals surface area contributed by atoms with Gasteiger partial charge in [-0.05, 0) is 28.3 Å². The van der Waals surface area contributed by atoms with Crippen molar-refractivity contribution in [1.29, 1.82) is 0 Å². The van der Waals surface area contributed by atoms with Crippen LogP contribution in [0.25, 0.3) is 6.08 Å². The lowest BCUT2D eigenvalue weighted by Crippen LogP contribution is -2.44. The smallest absolute Gasteiger partial charge is 0.151 e. The average Bonchev–Trinajstić information content (AvgIpc) is 3.03. The SMILES string of the molecule is C=C[C@@H](OCc1ccccc1)[C@H](OCc1ccccc1)[C@@H](COCc1ccccc1)OC(=C)/C=C/c1ccccc1. The predicted octanol–water partition coefficient (Wildman–Crippen LogP) is 8.17. The molecule has 0 saturated heterocycles. The Balaban J connectivity index is 1.54. The first-order valence-electron chi connectivity index (χ1n) is 13.9. The van der Waals surface area contributed by atoms with Gasteiger partial charge in [0.25, 0.3) is 0 Å². The third-order valence-corrected chi connectivity index (χ3v) is 6.45. The number of rotatable bonds is 17. The van der Waals surface area contributed by atoms with Crippen molar-refractivity contribution in [3.8, 4) is 0 Å². The molecule has 0 aliphatic rings. The van der Waals surface area contributed by atoms with E-state index in [9.17, 15) is 0 Å². The highest BCUT2D eigenvalue weighted by molar-refractivity contribution is 5.51. The molecule has 0 fully saturated rings. The van der Waals surface area contributed by atoms with Gasteiger partial charge in [-0.3, -0.25) is 0 Å². The van der Waals surface area contributed by atoms with E-state index in [2.05, 4.69) is 13.2 Å². The van der Waals surface area contributed by atoms with Crippen molar-refractivity contribution in [2.24, 2.45) is 0 Å². The second kappa shape index (κ2) is 16.8. The fourth-order valence-corrected chi connectivity index (χ4v) is 4.29. The maximum Gasteiger partial charge on any atom is 0.151 e. The average molecular weight is 547 g/mol. The van der Waals surface area contributed by atoms with Gasteiger partial charge in [0.1, 0.15) is 18.0 Å². The zero-order chi connectivity index (χ0) is 28.5. The molecule has 4 rings (SSSR count). The second-order valence-electron chi connectivity index (χ2n) is 9.63. The molecular weight excluding hydrogens is 508 g/mol. The third kappa shape index (κ3) is 10.4. The van der Waals surface area contributed by atoms with E-state index in [0.29, 0.717) is 25.6 Å². The Kier molecular flexibility index (Phi) is 12.2. The Labute approximate surface area is 244 Å². The lowest BCUT2D eigenvalue weighted by Gasteiger charge is -2.32. The van der Waals surface area contributed by atoms with Gasteiger partial charge < -0.3 is 18.9 Å². The molecule has 210 valence electrons. The van der Waals surface area contributed by atoms with Crippen LogP contribution in [0.5, 0.6) is 0 Å². The fraction of sp³-hybridized carbons (Fsp3) is 0.189. The van der Waals surface area contributed by atoms with Gasteiger partial charge in [0.05, 0.1) is 26.4 Å². The fourth-order valence-electron chi connectivity index (χ4n) is 4.29. The maximum absolute atomic E-state index is 6.53. The van der Waals surface area contributed by atoms with Crippen molar-refractivity contribution >= 4 is 6.08 Å². The van der Waals surface area contributed by atoms with E-state index in [4.69, 9.17) is 18.9 Å². The van der Waals surface area contributed by atoms with Crippen molar-refractivity contribution in [3.05, 3.63) is 175 Å². The standard InChI is InChI=1S/C37H38O4/c1-3-35(39-27-33-20-12-6-13-21-33)37(40-28-34-22-14-7-15-23-34)36(29-38-26-32-18-10-5-11-19-32)41-30(2)24-25-31-16-8-4-9-17-31/h3-25,35-37H,1-2,26-29H2/b25-24+/t35-,36-,37+/m1/s1. The van der Waals surface area contributed by atoms with Gasteiger partial charge in [-0.2, -0.15) is 0 Å². The minimum Gasteiger partial charge on any atom is -0.486 e. The van der Waals surface area contributed by atoms with Crippen LogP contribution in [0.4, 0.5) is 0 Å². The van der Waals surface area contributed by atoms with Crippen LogP contribution in [-0.2, 0) is 38.8 Å². The Morgan fingerprint density at radius 1 is 0.634 bits per heavy atom. The van der Waals surface area contributed by atoms with Gasteiger partial charge in [-0.1, -0.05) is 140 Å². The molecule has 41 heavy (non-hydrogen) atoms. The molecule has 0 radical (unpaired) electrons. The van der Waals surface area contributed by atoms with Crippen molar-refractivity contribution in [2.75, 3.05) is 6.61 Å². The Morgan fingerprint density at radius 2 is 1.12 bits per heavy atom. The van der Waals surface area contributed by atoms with E-state index in [0.717, 1.165) is 22.3 Å². The molecule has 0 spiro atoms. The zero-order valence-electron chi connectivity index (χ0n) is 23.4. The van der Waals surface area contributed by atoms with Crippen molar-refractivity contribution in [2.45, 2.75) is 38.1 Å². The van der Waals surface area contributed by atoms with Crippen LogP contribution >= 0.6 is 0 Å². The van der Waals surface area contributed by atoms with Crippen LogP contribution in [0, 0.1) is 0 Å². The van der Waals surface area contributed by atoms with Crippen LogP contribution in [0.15, 0.2) is 152 Å². The van der Waals surface area contributed by atoms with Gasteiger partial charge >= 0.3 is 0 Å². The molecule has 4 nitrogen and oxygen atoms in total. The topological polar surface area (TPSA) is 36.9 Å². The van der Waals surface area contributed by atoms with Crippen molar-refractivity contribution in [1.82, 2.24) is 0 Å². The molecule has 0 aliphatic carbocycles. The molecular formula is C37H38O4. The summed E-state index contributed by atoms with van der Waals surface area (Å²) in [6.07, 6.45) is 4.11. The van der Waals surface area contributed by atoms with E-state index < -0.39 is 18.3 Å². The number of hydrogen-bond donors (Lipinski definition) is 0. The molecule has 4 heteroatoms. The monoisotopic (exact) mass is 546 g/mol. The van der Waals surface area contributed by atoms with Crippen LogP contribution < -0.4 is 0 Å². The predicted molar refractivity (Wildman–Crippen MR) is 166 cm³/mol. The highest BCUT2D eigenvalue weighted by atomic mass is 16.6. The first-order chi connectivity index (χ1) is 20.2. The molecule has 3 atom stereocenters. The lowest BCUT2D eigenvalue weighted by atomic mass is 10.1. The number of benzene rings is 4. The highest BCUT2D eigenvalue weighted by Gasteiger charge is 2.32. The summed E-state index contributed by atoms with van der Waals surface area (Å²) in [5.41, 5.74) is 4.25. The van der Waals surface area contributed by atoms with Gasteiger partial charge in [-0.25, -0.2) is 0 Å². The largest absolute Gasteiger partial charge is 0.486 e. The molecule has 4 aromatic rings. The Bertz CT molecular complexity index is 1320. The van der Waals surface area contributed by atoms with Crippen molar-refractivity contribution in [3.63, 3.8) is 0 Å². The van der Waals surface area contributed by atoms with Gasteiger partial charge in [0, 0.05) is 0 Å². The summed E-state index contributed by atoms with van der Waals surface area (Å²) in [5, 5.41) is 0. The molecule has 0 aromatic heterocycles. The summed E-state index contributed by atoms with van der Waals surface area (Å²) < 4.78 is 25.5. The van der Waals surface area contributed by atoms with Crippen LogP contribution in [0.1, 0.15) is 22.3 Å². The first kappa shape index (κ1) is 29.8. The number of allylic oxidation sites excluding steroid dienone is 1. The summed E-state index contributed by atoms with van der Waals surface area (Å²) in [4.78, 5) is 0. The van der Waals surface area contributed by atoms with E-state index in [-0.39, 0.29) is 6.61 Å². The summed E-state index contributed by atoms with van der Waals surface area (Å²) in [7, 11) is 0. The molecule has 0 heterocycles. The van der Waals surface area contributed by atoms with Gasteiger partial charge in [-0.15, -0.1) is 6.58 Å². The normalized spacial score (nSPS) is 13.4. The third-order valence-electron chi connectivity index (χ3n) is 6.45. The number of hydrogen-bond acceptors (Lipinski definition) is 4. The summed E-state index contributed by atoms with van der Waals surface area (Å²) in [6, 6.07) is 40.2. The molecule has 0 bridgehead atoms. The van der Waals surface area contributed by atoms with Crippen LogP contribution in [-0.4, -0.2) is 24.9 Å². The summed E-state index contributed by atoms with van der Waals surface area (Å²) in [6.45, 7) is 9.76. The summed E-state index contributed by atoms with van der Waals surface area (Å²) >= 11 is 0. The number of ether oxygens (including phenoxy) is 4. The minimum atomic E-state index is -0.519. The lowest BCUT2D eigenvalue weighted by molar-refractivity contribution is -0.139. The molecule has 0 aliphatic heterocycles. The van der Waals surface area contributed by atoms with Gasteiger partial charge in [0.2, 0.25) is 0 Å². The highest BCUT2D eigenvalue weighted by Crippen LogP contribution is 2.21. The van der Waals surface area contributed by atoms with E-state index >= 15 is 0 Å².